The van der Waals surface area contributed by atoms with E-state index >= 15 is 0 Å². The topological polar surface area (TPSA) is 21.3 Å². The molecule has 0 aromatic heterocycles. The average molecular weight is 377 g/mol. The summed E-state index contributed by atoms with van der Waals surface area (Å²) >= 11 is 7.06. The molecule has 1 aromatic carbocycles. The number of halogens is 2. The smallest absolute Gasteiger partial charge is 0.148 e. The molecule has 0 spiro atoms. The monoisotopic (exact) mass is 375 g/mol. The first-order valence-electron chi connectivity index (χ1n) is 5.97. The maximum Gasteiger partial charge on any atom is 0.148 e. The normalized spacial score (nSPS) is 10.7. The summed E-state index contributed by atoms with van der Waals surface area (Å²) in [6.07, 6.45) is 1.73. The Kier molecular flexibility index (Phi) is 6.97. The van der Waals surface area contributed by atoms with Crippen molar-refractivity contribution in [2.24, 2.45) is 5.92 Å². The highest BCUT2D eigenvalue weighted by molar-refractivity contribution is 9.11. The highest BCUT2D eigenvalue weighted by atomic mass is 79.9. The van der Waals surface area contributed by atoms with Crippen molar-refractivity contribution >= 4 is 31.9 Å². The molecule has 0 aliphatic rings. The predicted molar refractivity (Wildman–Crippen MR) is 84.1 cm³/mol. The van der Waals surface area contributed by atoms with Crippen LogP contribution >= 0.6 is 31.9 Å². The van der Waals surface area contributed by atoms with Crippen molar-refractivity contribution in [3.8, 4) is 5.75 Å². The Morgan fingerprint density at radius 2 is 1.94 bits per heavy atom. The van der Waals surface area contributed by atoms with E-state index in [1.807, 2.05) is 0 Å². The first kappa shape index (κ1) is 15.7. The van der Waals surface area contributed by atoms with E-state index in [1.165, 1.54) is 5.56 Å². The summed E-state index contributed by atoms with van der Waals surface area (Å²) in [6, 6.07) is 4.16. The minimum absolute atomic E-state index is 0.502. The molecule has 1 aromatic rings. The minimum Gasteiger partial charge on any atom is -0.487 e. The van der Waals surface area contributed by atoms with Crippen LogP contribution in [0.2, 0.25) is 0 Å². The zero-order chi connectivity index (χ0) is 13.5. The van der Waals surface area contributed by atoms with Crippen molar-refractivity contribution in [3.05, 3.63) is 39.3 Å². The molecule has 0 saturated heterocycles. The van der Waals surface area contributed by atoms with Crippen molar-refractivity contribution in [3.63, 3.8) is 0 Å². The molecule has 0 unspecified atom stereocenters. The molecule has 0 saturated carbocycles. The summed E-state index contributed by atoms with van der Waals surface area (Å²) in [6.45, 7) is 10.4. The molecule has 2 nitrogen and oxygen atoms in total. The van der Waals surface area contributed by atoms with Crippen molar-refractivity contribution in [1.82, 2.24) is 5.32 Å². The number of hydrogen-bond acceptors (Lipinski definition) is 2. The summed E-state index contributed by atoms with van der Waals surface area (Å²) in [4.78, 5) is 0. The molecule has 100 valence electrons. The van der Waals surface area contributed by atoms with Gasteiger partial charge in [-0.15, -0.1) is 0 Å². The second-order valence-electron chi connectivity index (χ2n) is 4.51. The van der Waals surface area contributed by atoms with Gasteiger partial charge in [0.25, 0.3) is 0 Å². The lowest BCUT2D eigenvalue weighted by molar-refractivity contribution is 0.358. The van der Waals surface area contributed by atoms with Crippen LogP contribution in [0, 0.1) is 5.92 Å². The van der Waals surface area contributed by atoms with E-state index in [2.05, 4.69) is 69.7 Å². The average Bonchev–Trinajstić information content (AvgIpc) is 2.27. The van der Waals surface area contributed by atoms with Crippen LogP contribution in [0.1, 0.15) is 19.4 Å². The summed E-state index contributed by atoms with van der Waals surface area (Å²) in [5.41, 5.74) is 1.22. The standard InChI is InChI=1S/C14H19Br2NO/c1-4-5-18-14-12(15)6-11(7-13(14)16)9-17-8-10(2)3/h4,6-7,10,17H,1,5,8-9H2,2-3H3. The van der Waals surface area contributed by atoms with Gasteiger partial charge in [0.1, 0.15) is 12.4 Å². The summed E-state index contributed by atoms with van der Waals surface area (Å²) in [5.74, 6) is 1.48. The Morgan fingerprint density at radius 1 is 1.33 bits per heavy atom. The third kappa shape index (κ3) is 5.12. The fraction of sp³-hybridized carbons (Fsp3) is 0.429. The molecule has 0 bridgehead atoms. The Labute approximate surface area is 126 Å². The van der Waals surface area contributed by atoms with Gasteiger partial charge in [0.15, 0.2) is 0 Å². The third-order valence-electron chi connectivity index (χ3n) is 2.29. The van der Waals surface area contributed by atoms with E-state index in [4.69, 9.17) is 4.74 Å². The van der Waals surface area contributed by atoms with Gasteiger partial charge >= 0.3 is 0 Å². The maximum atomic E-state index is 5.58. The first-order valence-corrected chi connectivity index (χ1v) is 7.55. The molecule has 0 aliphatic heterocycles. The number of benzene rings is 1. The number of nitrogens with one attached hydrogen (secondary N) is 1. The van der Waals surface area contributed by atoms with Crippen molar-refractivity contribution in [2.45, 2.75) is 20.4 Å². The van der Waals surface area contributed by atoms with E-state index in [0.29, 0.717) is 12.5 Å². The minimum atomic E-state index is 0.502. The zero-order valence-corrected chi connectivity index (χ0v) is 14.0. The Balaban J connectivity index is 2.69. The Bertz CT molecular complexity index is 382. The number of rotatable bonds is 7. The van der Waals surface area contributed by atoms with Crippen molar-refractivity contribution in [1.29, 1.82) is 0 Å². The molecule has 1 rings (SSSR count). The van der Waals surface area contributed by atoms with Crippen LogP contribution in [-0.4, -0.2) is 13.2 Å². The van der Waals surface area contributed by atoms with Gasteiger partial charge in [-0.05, 0) is 62.0 Å². The highest BCUT2D eigenvalue weighted by Crippen LogP contribution is 2.34. The van der Waals surface area contributed by atoms with Gasteiger partial charge in [-0.3, -0.25) is 0 Å². The molecule has 0 radical (unpaired) electrons. The van der Waals surface area contributed by atoms with Crippen LogP contribution in [0.4, 0.5) is 0 Å². The summed E-state index contributed by atoms with van der Waals surface area (Å²) in [7, 11) is 0. The van der Waals surface area contributed by atoms with Gasteiger partial charge in [0.2, 0.25) is 0 Å². The van der Waals surface area contributed by atoms with Crippen LogP contribution in [0.25, 0.3) is 0 Å². The summed E-state index contributed by atoms with van der Waals surface area (Å²) in [5, 5.41) is 3.42. The van der Waals surface area contributed by atoms with E-state index in [-0.39, 0.29) is 0 Å². The molecule has 18 heavy (non-hydrogen) atoms. The number of ether oxygens (including phenoxy) is 1. The molecular formula is C14H19Br2NO. The second-order valence-corrected chi connectivity index (χ2v) is 6.22. The molecular weight excluding hydrogens is 358 g/mol. The van der Waals surface area contributed by atoms with Gasteiger partial charge in [0, 0.05) is 6.54 Å². The lowest BCUT2D eigenvalue weighted by Crippen LogP contribution is -2.19. The number of hydrogen-bond donors (Lipinski definition) is 1. The lowest BCUT2D eigenvalue weighted by Gasteiger charge is -2.12. The van der Waals surface area contributed by atoms with Crippen LogP contribution in [0.15, 0.2) is 33.7 Å². The van der Waals surface area contributed by atoms with Crippen LogP contribution < -0.4 is 10.1 Å². The highest BCUT2D eigenvalue weighted by Gasteiger charge is 2.08. The van der Waals surface area contributed by atoms with E-state index in [1.54, 1.807) is 6.08 Å². The van der Waals surface area contributed by atoms with Gasteiger partial charge in [-0.1, -0.05) is 26.5 Å². The van der Waals surface area contributed by atoms with Gasteiger partial charge < -0.3 is 10.1 Å². The van der Waals surface area contributed by atoms with Crippen molar-refractivity contribution in [2.75, 3.05) is 13.2 Å². The SMILES string of the molecule is C=CCOc1c(Br)cc(CNCC(C)C)cc1Br. The van der Waals surface area contributed by atoms with Crippen LogP contribution in [0.5, 0.6) is 5.75 Å². The van der Waals surface area contributed by atoms with Crippen LogP contribution in [-0.2, 0) is 6.54 Å². The first-order chi connectivity index (χ1) is 8.54. The quantitative estimate of drug-likeness (QED) is 0.706. The third-order valence-corrected chi connectivity index (χ3v) is 3.46. The molecule has 0 aliphatic carbocycles. The maximum absolute atomic E-state index is 5.58. The molecule has 0 fully saturated rings. The molecule has 0 atom stereocenters. The zero-order valence-electron chi connectivity index (χ0n) is 10.8. The largest absolute Gasteiger partial charge is 0.487 e. The Hall–Kier alpha value is -0.320. The molecule has 0 heterocycles. The fourth-order valence-corrected chi connectivity index (χ4v) is 3.01. The molecule has 0 amide bonds. The lowest BCUT2D eigenvalue weighted by atomic mass is 10.2. The van der Waals surface area contributed by atoms with Crippen LogP contribution in [0.3, 0.4) is 0 Å². The second kappa shape index (κ2) is 7.97. The van der Waals surface area contributed by atoms with Crippen molar-refractivity contribution < 1.29 is 4.74 Å². The molecule has 1 N–H and O–H groups in total. The van der Waals surface area contributed by atoms with E-state index in [0.717, 1.165) is 27.8 Å². The fourth-order valence-electron chi connectivity index (χ4n) is 1.50. The Morgan fingerprint density at radius 3 is 2.44 bits per heavy atom. The van der Waals surface area contributed by atoms with Gasteiger partial charge in [0.05, 0.1) is 8.95 Å². The van der Waals surface area contributed by atoms with Gasteiger partial charge in [-0.2, -0.15) is 0 Å². The molecule has 4 heteroatoms. The van der Waals surface area contributed by atoms with E-state index < -0.39 is 0 Å². The van der Waals surface area contributed by atoms with Gasteiger partial charge in [-0.25, -0.2) is 0 Å². The van der Waals surface area contributed by atoms with E-state index in [9.17, 15) is 0 Å². The predicted octanol–water partition coefficient (Wildman–Crippen LogP) is 4.52. The summed E-state index contributed by atoms with van der Waals surface area (Å²) < 4.78 is 7.50.